The third kappa shape index (κ3) is 5.41. The van der Waals surface area contributed by atoms with Gasteiger partial charge in [0.25, 0.3) is 0 Å². The number of likely N-dealkylation sites (tertiary alicyclic amines) is 1. The molecule has 4 rings (SSSR count). The summed E-state index contributed by atoms with van der Waals surface area (Å²) in [4.78, 5) is 20.3. The van der Waals surface area contributed by atoms with Gasteiger partial charge in [-0.05, 0) is 66.3 Å². The van der Waals surface area contributed by atoms with Gasteiger partial charge in [0.05, 0.1) is 18.1 Å². The van der Waals surface area contributed by atoms with Crippen molar-refractivity contribution >= 4 is 23.3 Å². The highest BCUT2D eigenvalue weighted by Crippen LogP contribution is 2.38. The molecule has 0 bridgehead atoms. The Morgan fingerprint density at radius 2 is 1.68 bits per heavy atom. The largest absolute Gasteiger partial charge is 0.365 e. The van der Waals surface area contributed by atoms with Gasteiger partial charge in [0.15, 0.2) is 11.6 Å². The van der Waals surface area contributed by atoms with Crippen molar-refractivity contribution in [2.45, 2.75) is 64.6 Å². The number of hydrogen-bond donors (Lipinski definition) is 2. The van der Waals surface area contributed by atoms with E-state index in [1.807, 2.05) is 12.1 Å². The van der Waals surface area contributed by atoms with Crippen LogP contribution in [0.3, 0.4) is 0 Å². The predicted molar refractivity (Wildman–Crippen MR) is 136 cm³/mol. The van der Waals surface area contributed by atoms with E-state index in [9.17, 15) is 4.39 Å². The first-order chi connectivity index (χ1) is 16.1. The Kier molecular flexibility index (Phi) is 6.96. The van der Waals surface area contributed by atoms with Crippen LogP contribution in [0.25, 0.3) is 0 Å². The second-order valence-corrected chi connectivity index (χ2v) is 10.8. The van der Waals surface area contributed by atoms with Crippen molar-refractivity contribution in [1.82, 2.24) is 24.8 Å². The number of likely N-dealkylation sites (N-methyl/N-ethyl adjacent to an activating group) is 1. The van der Waals surface area contributed by atoms with Crippen molar-refractivity contribution in [2.75, 3.05) is 55.3 Å². The van der Waals surface area contributed by atoms with Crippen LogP contribution in [0.2, 0.25) is 0 Å². The molecule has 0 unspecified atom stereocenters. The summed E-state index contributed by atoms with van der Waals surface area (Å²) in [5.74, 6) is 1.11. The van der Waals surface area contributed by atoms with E-state index < -0.39 is 5.82 Å². The van der Waals surface area contributed by atoms with E-state index >= 15 is 0 Å². The molecule has 4 heterocycles. The molecule has 0 atom stereocenters. The van der Waals surface area contributed by atoms with Gasteiger partial charge in [0.2, 0.25) is 5.95 Å². The van der Waals surface area contributed by atoms with Crippen LogP contribution in [0, 0.1) is 5.82 Å². The van der Waals surface area contributed by atoms with E-state index in [1.54, 1.807) is 6.20 Å². The summed E-state index contributed by atoms with van der Waals surface area (Å²) in [6.45, 7) is 16.3. The molecule has 2 aliphatic heterocycles. The van der Waals surface area contributed by atoms with Crippen LogP contribution in [0.15, 0.2) is 24.5 Å². The van der Waals surface area contributed by atoms with Crippen molar-refractivity contribution in [2.24, 2.45) is 0 Å². The quantitative estimate of drug-likeness (QED) is 0.657. The maximum absolute atomic E-state index is 14.6. The number of pyridine rings is 1. The number of nitrogens with one attached hydrogen (secondary N) is 2. The molecule has 8 nitrogen and oxygen atoms in total. The minimum atomic E-state index is -0.445. The average Bonchev–Trinajstić information content (AvgIpc) is 2.80. The smallest absolute Gasteiger partial charge is 0.229 e. The molecule has 0 aliphatic carbocycles. The van der Waals surface area contributed by atoms with E-state index in [1.165, 1.54) is 6.20 Å². The highest BCUT2D eigenvalue weighted by Gasteiger charge is 2.43. The highest BCUT2D eigenvalue weighted by molar-refractivity contribution is 5.56. The molecular weight excluding hydrogens is 431 g/mol. The molecule has 0 radical (unpaired) electrons. The molecular formula is C25H39FN8. The van der Waals surface area contributed by atoms with Gasteiger partial charge in [0, 0.05) is 43.3 Å². The zero-order chi connectivity index (χ0) is 24.5. The summed E-state index contributed by atoms with van der Waals surface area (Å²) in [7, 11) is 2.16. The van der Waals surface area contributed by atoms with Crippen LogP contribution < -0.4 is 15.5 Å². The Bertz CT molecular complexity index is 951. The van der Waals surface area contributed by atoms with E-state index in [-0.39, 0.29) is 22.9 Å². The Morgan fingerprint density at radius 3 is 2.26 bits per heavy atom. The maximum Gasteiger partial charge on any atom is 0.229 e. The van der Waals surface area contributed by atoms with Gasteiger partial charge < -0.3 is 20.4 Å². The van der Waals surface area contributed by atoms with Gasteiger partial charge in [0.1, 0.15) is 5.82 Å². The normalized spacial score (nSPS) is 21.4. The summed E-state index contributed by atoms with van der Waals surface area (Å²) >= 11 is 0. The second kappa shape index (κ2) is 9.62. The zero-order valence-corrected chi connectivity index (χ0v) is 21.4. The number of piperidine rings is 1. The van der Waals surface area contributed by atoms with Crippen LogP contribution in [0.5, 0.6) is 0 Å². The van der Waals surface area contributed by atoms with Gasteiger partial charge >= 0.3 is 0 Å². The van der Waals surface area contributed by atoms with Gasteiger partial charge in [-0.25, -0.2) is 14.4 Å². The summed E-state index contributed by atoms with van der Waals surface area (Å²) in [5, 5.41) is 6.52. The van der Waals surface area contributed by atoms with Crippen molar-refractivity contribution < 1.29 is 4.39 Å². The lowest BCUT2D eigenvalue weighted by Crippen LogP contribution is -2.61. The van der Waals surface area contributed by atoms with Gasteiger partial charge in [-0.3, -0.25) is 4.90 Å². The molecule has 2 saturated heterocycles. The number of aromatic nitrogens is 3. The molecule has 2 N–H and O–H groups in total. The molecule has 186 valence electrons. The topological polar surface area (TPSA) is 72.5 Å². The fourth-order valence-electron chi connectivity index (χ4n) is 5.26. The molecule has 2 aromatic rings. The average molecular weight is 471 g/mol. The Hall–Kier alpha value is -2.52. The second-order valence-electron chi connectivity index (χ2n) is 10.8. The Morgan fingerprint density at radius 1 is 1.00 bits per heavy atom. The molecule has 34 heavy (non-hydrogen) atoms. The third-order valence-electron chi connectivity index (χ3n) is 7.54. The zero-order valence-electron chi connectivity index (χ0n) is 21.4. The summed E-state index contributed by atoms with van der Waals surface area (Å²) < 4.78 is 14.6. The van der Waals surface area contributed by atoms with Gasteiger partial charge in [-0.15, -0.1) is 0 Å². The van der Waals surface area contributed by atoms with E-state index in [4.69, 9.17) is 0 Å². The Balaban J connectivity index is 1.41. The summed E-state index contributed by atoms with van der Waals surface area (Å²) in [6.07, 6.45) is 4.80. The van der Waals surface area contributed by atoms with Crippen LogP contribution in [0.1, 0.15) is 47.5 Å². The van der Waals surface area contributed by atoms with Crippen molar-refractivity contribution in [3.8, 4) is 0 Å². The molecule has 2 aromatic heterocycles. The highest BCUT2D eigenvalue weighted by atomic mass is 19.1. The van der Waals surface area contributed by atoms with E-state index in [0.717, 1.165) is 57.1 Å². The molecule has 0 spiro atoms. The van der Waals surface area contributed by atoms with Crippen LogP contribution in [-0.4, -0.2) is 81.6 Å². The van der Waals surface area contributed by atoms with Gasteiger partial charge in [-0.2, -0.15) is 4.98 Å². The molecule has 0 aromatic carbocycles. The standard InChI is InChI=1S/C25H39FN8/c1-7-33-10-12-34(13-11-33)21-9-8-18(16-27-21)30-23-28-17-20(26)22(31-23)29-19-14-24(2,3)32(6)25(4,5)15-19/h8-9,16-17,19H,7,10-15H2,1-6H3,(H2,28,29,30,31). The number of hydrogen-bond acceptors (Lipinski definition) is 8. The van der Waals surface area contributed by atoms with E-state index in [0.29, 0.717) is 5.95 Å². The van der Waals surface area contributed by atoms with Crippen molar-refractivity contribution in [1.29, 1.82) is 0 Å². The Labute approximate surface area is 203 Å². The van der Waals surface area contributed by atoms with Crippen LogP contribution in [-0.2, 0) is 0 Å². The number of anilines is 4. The van der Waals surface area contributed by atoms with Gasteiger partial charge in [-0.1, -0.05) is 6.92 Å². The van der Waals surface area contributed by atoms with Crippen molar-refractivity contribution in [3.63, 3.8) is 0 Å². The fourth-order valence-corrected chi connectivity index (χ4v) is 5.26. The first-order valence-electron chi connectivity index (χ1n) is 12.3. The fraction of sp³-hybridized carbons (Fsp3) is 0.640. The lowest BCUT2D eigenvalue weighted by molar-refractivity contribution is -0.00778. The van der Waals surface area contributed by atoms with E-state index in [2.05, 4.69) is 82.0 Å². The summed E-state index contributed by atoms with van der Waals surface area (Å²) in [5.41, 5.74) is 0.774. The van der Waals surface area contributed by atoms with Crippen molar-refractivity contribution in [3.05, 3.63) is 30.3 Å². The minimum absolute atomic E-state index is 0.000597. The molecule has 0 amide bonds. The minimum Gasteiger partial charge on any atom is -0.365 e. The first kappa shape index (κ1) is 24.6. The number of halogens is 1. The number of rotatable bonds is 6. The molecule has 2 aliphatic rings. The molecule has 0 saturated carbocycles. The monoisotopic (exact) mass is 470 g/mol. The van der Waals surface area contributed by atoms with Crippen LogP contribution in [0.4, 0.5) is 27.7 Å². The lowest BCUT2D eigenvalue weighted by atomic mass is 9.77. The van der Waals surface area contributed by atoms with Crippen LogP contribution >= 0.6 is 0 Å². The summed E-state index contributed by atoms with van der Waals surface area (Å²) in [6, 6.07) is 4.10. The predicted octanol–water partition coefficient (Wildman–Crippen LogP) is 3.96. The first-order valence-corrected chi connectivity index (χ1v) is 12.3. The molecule has 9 heteroatoms. The SMILES string of the molecule is CCN1CCN(c2ccc(Nc3ncc(F)c(NC4CC(C)(C)N(C)C(C)(C)C4)n3)cn2)CC1. The lowest BCUT2D eigenvalue weighted by Gasteiger charge is -2.53. The number of piperazine rings is 1. The maximum atomic E-state index is 14.6. The number of nitrogens with zero attached hydrogens (tertiary/aromatic N) is 6. The molecule has 2 fully saturated rings. The third-order valence-corrected chi connectivity index (χ3v) is 7.54.